The summed E-state index contributed by atoms with van der Waals surface area (Å²) in [5.41, 5.74) is 9.42. The van der Waals surface area contributed by atoms with Gasteiger partial charge in [-0.2, -0.15) is 0 Å². The zero-order valence-corrected chi connectivity index (χ0v) is 16.8. The van der Waals surface area contributed by atoms with Gasteiger partial charge in [0.2, 0.25) is 5.91 Å². The first-order valence-electron chi connectivity index (χ1n) is 9.86. The molecule has 1 saturated carbocycles. The molecule has 1 unspecified atom stereocenters. The minimum absolute atomic E-state index is 0. The van der Waals surface area contributed by atoms with Crippen molar-refractivity contribution in [2.75, 3.05) is 13.1 Å². The summed E-state index contributed by atoms with van der Waals surface area (Å²) in [4.78, 5) is 16.2. The van der Waals surface area contributed by atoms with Gasteiger partial charge in [-0.25, -0.2) is 0 Å². The lowest BCUT2D eigenvalue weighted by Crippen LogP contribution is -2.37. The van der Waals surface area contributed by atoms with E-state index in [1.165, 1.54) is 16.5 Å². The maximum atomic E-state index is 12.8. The molecule has 1 amide bonds. The number of H-pyrrole nitrogens is 1. The zero-order valence-electron chi connectivity index (χ0n) is 15.9. The lowest BCUT2D eigenvalue weighted by Gasteiger charge is -2.22. The number of amides is 1. The molecular weight excluding hydrogens is 370 g/mol. The summed E-state index contributed by atoms with van der Waals surface area (Å²) in [6.07, 6.45) is 5.20. The largest absolute Gasteiger partial charge is 0.361 e. The number of rotatable bonds is 6. The number of benzene rings is 2. The molecule has 0 saturated heterocycles. The van der Waals surface area contributed by atoms with Gasteiger partial charge in [-0.05, 0) is 42.5 Å². The van der Waals surface area contributed by atoms with Gasteiger partial charge in [0.05, 0.1) is 0 Å². The SMILES string of the molecule is Cl.NC[C@H]1CCC[C@H]1C(=O)NCC(c1ccccc1)c1c[nH]c2ccccc12. The second-order valence-electron chi connectivity index (χ2n) is 7.53. The fraction of sp³-hybridized carbons (Fsp3) is 0.348. The number of hydrogen-bond acceptors (Lipinski definition) is 2. The summed E-state index contributed by atoms with van der Waals surface area (Å²) in [7, 11) is 0. The summed E-state index contributed by atoms with van der Waals surface area (Å²) < 4.78 is 0. The van der Waals surface area contributed by atoms with Gasteiger partial charge in [0.15, 0.2) is 0 Å². The lowest BCUT2D eigenvalue weighted by atomic mass is 9.90. The Bertz CT molecular complexity index is 908. The molecule has 3 aromatic rings. The van der Waals surface area contributed by atoms with Crippen LogP contribution in [-0.4, -0.2) is 24.0 Å². The van der Waals surface area contributed by atoms with Crippen LogP contribution in [0.2, 0.25) is 0 Å². The minimum atomic E-state index is 0. The van der Waals surface area contributed by atoms with E-state index in [4.69, 9.17) is 5.73 Å². The molecule has 1 heterocycles. The smallest absolute Gasteiger partial charge is 0.223 e. The molecule has 28 heavy (non-hydrogen) atoms. The van der Waals surface area contributed by atoms with Gasteiger partial charge < -0.3 is 16.0 Å². The average Bonchev–Trinajstić information content (AvgIpc) is 3.36. The normalized spacial score (nSPS) is 19.9. The number of aromatic amines is 1. The van der Waals surface area contributed by atoms with E-state index in [1.54, 1.807) is 0 Å². The van der Waals surface area contributed by atoms with Gasteiger partial charge >= 0.3 is 0 Å². The third-order valence-electron chi connectivity index (χ3n) is 5.98. The Labute approximate surface area is 172 Å². The fourth-order valence-corrected chi connectivity index (χ4v) is 4.47. The highest BCUT2D eigenvalue weighted by atomic mass is 35.5. The third-order valence-corrected chi connectivity index (χ3v) is 5.98. The fourth-order valence-electron chi connectivity index (χ4n) is 4.47. The first-order valence-corrected chi connectivity index (χ1v) is 9.86. The summed E-state index contributed by atoms with van der Waals surface area (Å²) in [5, 5.41) is 4.44. The maximum Gasteiger partial charge on any atom is 0.223 e. The van der Waals surface area contributed by atoms with Gasteiger partial charge in [-0.1, -0.05) is 55.0 Å². The van der Waals surface area contributed by atoms with Crippen molar-refractivity contribution in [3.05, 3.63) is 71.9 Å². The maximum absolute atomic E-state index is 12.8. The molecule has 0 radical (unpaired) electrons. The van der Waals surface area contributed by atoms with Crippen LogP contribution < -0.4 is 11.1 Å². The van der Waals surface area contributed by atoms with E-state index in [2.05, 4.69) is 59.0 Å². The van der Waals surface area contributed by atoms with E-state index >= 15 is 0 Å². The van der Waals surface area contributed by atoms with Crippen molar-refractivity contribution in [3.8, 4) is 0 Å². The van der Waals surface area contributed by atoms with Gasteiger partial charge in [-0.3, -0.25) is 4.79 Å². The number of para-hydroxylation sites is 1. The van der Waals surface area contributed by atoms with Crippen molar-refractivity contribution in [2.45, 2.75) is 25.2 Å². The van der Waals surface area contributed by atoms with Crippen LogP contribution in [0.5, 0.6) is 0 Å². The number of fused-ring (bicyclic) bond motifs is 1. The monoisotopic (exact) mass is 397 g/mol. The molecular formula is C23H28ClN3O. The van der Waals surface area contributed by atoms with Crippen LogP contribution in [0.4, 0.5) is 0 Å². The van der Waals surface area contributed by atoms with Crippen molar-refractivity contribution in [2.24, 2.45) is 17.6 Å². The molecule has 5 heteroatoms. The second kappa shape index (κ2) is 9.26. The van der Waals surface area contributed by atoms with E-state index in [0.29, 0.717) is 19.0 Å². The van der Waals surface area contributed by atoms with Crippen LogP contribution in [0, 0.1) is 11.8 Å². The van der Waals surface area contributed by atoms with Crippen LogP contribution in [0.15, 0.2) is 60.8 Å². The molecule has 148 valence electrons. The number of nitrogens with one attached hydrogen (secondary N) is 2. The number of nitrogens with two attached hydrogens (primary N) is 1. The summed E-state index contributed by atoms with van der Waals surface area (Å²) in [5.74, 6) is 0.662. The quantitative estimate of drug-likeness (QED) is 0.583. The highest BCUT2D eigenvalue weighted by molar-refractivity contribution is 5.85. The van der Waals surface area contributed by atoms with Gasteiger partial charge in [0.1, 0.15) is 0 Å². The van der Waals surface area contributed by atoms with Gasteiger partial charge in [-0.15, -0.1) is 12.4 Å². The van der Waals surface area contributed by atoms with Gasteiger partial charge in [0, 0.05) is 35.5 Å². The molecule has 0 bridgehead atoms. The Morgan fingerprint density at radius 2 is 1.86 bits per heavy atom. The predicted molar refractivity (Wildman–Crippen MR) is 117 cm³/mol. The molecule has 4 N–H and O–H groups in total. The van der Waals surface area contributed by atoms with E-state index in [1.807, 2.05) is 12.1 Å². The molecule has 1 fully saturated rings. The standard InChI is InChI=1S/C23H27N3O.ClH/c24-13-17-9-6-11-18(17)23(27)26-14-20(16-7-2-1-3-8-16)21-15-25-22-12-5-4-10-19(21)22;/h1-5,7-8,10,12,15,17-18,20,25H,6,9,11,13-14,24H2,(H,26,27);1H/t17-,18-,20?;/m1./s1. The number of hydrogen-bond donors (Lipinski definition) is 3. The topological polar surface area (TPSA) is 70.9 Å². The average molecular weight is 398 g/mol. The first-order chi connectivity index (χ1) is 13.3. The third kappa shape index (κ3) is 4.08. The van der Waals surface area contributed by atoms with Crippen molar-refractivity contribution in [3.63, 3.8) is 0 Å². The summed E-state index contributed by atoms with van der Waals surface area (Å²) >= 11 is 0. The molecule has 1 aromatic heterocycles. The van der Waals surface area contributed by atoms with E-state index in [9.17, 15) is 4.79 Å². The molecule has 4 rings (SSSR count). The van der Waals surface area contributed by atoms with E-state index < -0.39 is 0 Å². The molecule has 1 aliphatic rings. The zero-order chi connectivity index (χ0) is 18.6. The van der Waals surface area contributed by atoms with Crippen molar-refractivity contribution in [1.82, 2.24) is 10.3 Å². The highest BCUT2D eigenvalue weighted by Gasteiger charge is 2.32. The van der Waals surface area contributed by atoms with Crippen LogP contribution >= 0.6 is 12.4 Å². The Morgan fingerprint density at radius 1 is 1.11 bits per heavy atom. The predicted octanol–water partition coefficient (Wildman–Crippen LogP) is 4.21. The number of halogens is 1. The van der Waals surface area contributed by atoms with Gasteiger partial charge in [0.25, 0.3) is 0 Å². The Kier molecular flexibility index (Phi) is 6.76. The van der Waals surface area contributed by atoms with Crippen molar-refractivity contribution >= 4 is 29.2 Å². The Balaban J connectivity index is 0.00000225. The first kappa shape index (κ1) is 20.4. The lowest BCUT2D eigenvalue weighted by molar-refractivity contribution is -0.125. The van der Waals surface area contributed by atoms with E-state index in [0.717, 1.165) is 24.8 Å². The Morgan fingerprint density at radius 3 is 2.64 bits per heavy atom. The molecule has 4 nitrogen and oxygen atoms in total. The van der Waals surface area contributed by atoms with Crippen LogP contribution in [0.25, 0.3) is 10.9 Å². The van der Waals surface area contributed by atoms with Crippen molar-refractivity contribution in [1.29, 1.82) is 0 Å². The van der Waals surface area contributed by atoms with Crippen LogP contribution in [0.1, 0.15) is 36.3 Å². The van der Waals surface area contributed by atoms with Crippen LogP contribution in [-0.2, 0) is 4.79 Å². The van der Waals surface area contributed by atoms with Crippen molar-refractivity contribution < 1.29 is 4.79 Å². The molecule has 3 atom stereocenters. The Hall–Kier alpha value is -2.30. The van der Waals surface area contributed by atoms with Crippen LogP contribution in [0.3, 0.4) is 0 Å². The molecule has 0 spiro atoms. The number of carbonyl (C=O) groups is 1. The minimum Gasteiger partial charge on any atom is -0.361 e. The van der Waals surface area contributed by atoms with E-state index in [-0.39, 0.29) is 30.2 Å². The molecule has 0 aliphatic heterocycles. The summed E-state index contributed by atoms with van der Waals surface area (Å²) in [6, 6.07) is 18.7. The molecule has 1 aliphatic carbocycles. The summed E-state index contributed by atoms with van der Waals surface area (Å²) in [6.45, 7) is 1.20. The number of carbonyl (C=O) groups excluding carboxylic acids is 1. The highest BCUT2D eigenvalue weighted by Crippen LogP contribution is 2.33. The second-order valence-corrected chi connectivity index (χ2v) is 7.53. The molecule has 2 aromatic carbocycles. The number of aromatic nitrogens is 1.